The zero-order valence-electron chi connectivity index (χ0n) is 14.2. The van der Waals surface area contributed by atoms with Crippen LogP contribution in [0.25, 0.3) is 0 Å². The summed E-state index contributed by atoms with van der Waals surface area (Å²) in [6.45, 7) is 5.12. The fourth-order valence-corrected chi connectivity index (χ4v) is 2.02. The maximum atomic E-state index is 14.0. The Morgan fingerprint density at radius 1 is 1.26 bits per heavy atom. The summed E-state index contributed by atoms with van der Waals surface area (Å²) in [4.78, 5) is 24.8. The Balaban J connectivity index is 3.32. The highest BCUT2D eigenvalue weighted by Gasteiger charge is 2.31. The Labute approximate surface area is 135 Å². The summed E-state index contributed by atoms with van der Waals surface area (Å²) in [5.74, 6) is -0.583. The van der Waals surface area contributed by atoms with E-state index in [0.29, 0.717) is 6.29 Å². The van der Waals surface area contributed by atoms with Crippen LogP contribution in [0.5, 0.6) is 11.5 Å². The van der Waals surface area contributed by atoms with Crippen molar-refractivity contribution in [3.63, 3.8) is 0 Å². The highest BCUT2D eigenvalue weighted by atomic mass is 19.1. The summed E-state index contributed by atoms with van der Waals surface area (Å²) in [6, 6.07) is 1.41. The molecule has 0 spiro atoms. The first-order chi connectivity index (χ1) is 10.7. The standard InChI is InChI=1S/C16H22FNO5/c1-16(2,3)23-15(20)18(4)11(9-19)13-12(21-5)8-7-10(17)14(13)22-6/h7-9,11H,1-6H3. The van der Waals surface area contributed by atoms with Gasteiger partial charge in [-0.3, -0.25) is 4.90 Å². The largest absolute Gasteiger partial charge is 0.496 e. The van der Waals surface area contributed by atoms with Crippen molar-refractivity contribution >= 4 is 12.4 Å². The van der Waals surface area contributed by atoms with Crippen LogP contribution in [-0.2, 0) is 9.53 Å². The number of methoxy groups -OCH3 is 2. The summed E-state index contributed by atoms with van der Waals surface area (Å²) in [5.41, 5.74) is -0.604. The first kappa shape index (κ1) is 18.7. The van der Waals surface area contributed by atoms with E-state index in [1.165, 1.54) is 27.3 Å². The summed E-state index contributed by atoms with van der Waals surface area (Å²) in [5, 5.41) is 0. The lowest BCUT2D eigenvalue weighted by Gasteiger charge is -2.29. The van der Waals surface area contributed by atoms with Crippen LogP contribution >= 0.6 is 0 Å². The van der Waals surface area contributed by atoms with Gasteiger partial charge in [0.05, 0.1) is 19.8 Å². The van der Waals surface area contributed by atoms with Crippen molar-refractivity contribution in [2.75, 3.05) is 21.3 Å². The van der Waals surface area contributed by atoms with Gasteiger partial charge >= 0.3 is 6.09 Å². The number of likely N-dealkylation sites (N-methyl/N-ethyl adjacent to an activating group) is 1. The third-order valence-corrected chi connectivity index (χ3v) is 3.06. The number of carbonyl (C=O) groups excluding carboxylic acids is 2. The zero-order valence-corrected chi connectivity index (χ0v) is 14.2. The van der Waals surface area contributed by atoms with E-state index in [0.717, 1.165) is 11.0 Å². The maximum absolute atomic E-state index is 14.0. The highest BCUT2D eigenvalue weighted by Crippen LogP contribution is 2.38. The zero-order chi connectivity index (χ0) is 17.8. The summed E-state index contributed by atoms with van der Waals surface area (Å²) < 4.78 is 29.4. The molecule has 0 heterocycles. The third kappa shape index (κ3) is 4.34. The third-order valence-electron chi connectivity index (χ3n) is 3.06. The molecule has 1 amide bonds. The number of carbonyl (C=O) groups is 2. The predicted octanol–water partition coefficient (Wildman–Crippen LogP) is 2.95. The first-order valence-corrected chi connectivity index (χ1v) is 6.97. The van der Waals surface area contributed by atoms with Crippen LogP contribution in [0.15, 0.2) is 12.1 Å². The quantitative estimate of drug-likeness (QED) is 0.778. The molecule has 0 saturated carbocycles. The predicted molar refractivity (Wildman–Crippen MR) is 82.3 cm³/mol. The second kappa shape index (κ2) is 7.30. The van der Waals surface area contributed by atoms with Crippen molar-refractivity contribution in [3.05, 3.63) is 23.5 Å². The molecule has 1 unspecified atom stereocenters. The molecule has 1 aromatic rings. The van der Waals surface area contributed by atoms with Crippen LogP contribution in [0.4, 0.5) is 9.18 Å². The molecule has 0 fully saturated rings. The molecule has 128 valence electrons. The van der Waals surface area contributed by atoms with Gasteiger partial charge in [0.25, 0.3) is 0 Å². The van der Waals surface area contributed by atoms with E-state index in [-0.39, 0.29) is 17.1 Å². The molecule has 0 N–H and O–H groups in total. The average Bonchev–Trinajstić information content (AvgIpc) is 2.46. The number of rotatable bonds is 5. The molecule has 1 aromatic carbocycles. The van der Waals surface area contributed by atoms with Crippen molar-refractivity contribution in [1.29, 1.82) is 0 Å². The molecule has 0 aliphatic heterocycles. The number of benzene rings is 1. The lowest BCUT2D eigenvalue weighted by atomic mass is 10.0. The van der Waals surface area contributed by atoms with Crippen molar-refractivity contribution in [2.45, 2.75) is 32.4 Å². The first-order valence-electron chi connectivity index (χ1n) is 6.97. The van der Waals surface area contributed by atoms with Gasteiger partial charge in [0.2, 0.25) is 0 Å². The average molecular weight is 327 g/mol. The Bertz CT molecular complexity index is 583. The molecule has 0 aliphatic carbocycles. The van der Waals surface area contributed by atoms with Crippen molar-refractivity contribution in [1.82, 2.24) is 4.90 Å². The summed E-state index contributed by atoms with van der Waals surface area (Å²) in [6.07, 6.45) is -0.216. The fourth-order valence-electron chi connectivity index (χ4n) is 2.02. The number of amides is 1. The lowest BCUT2D eigenvalue weighted by Crippen LogP contribution is -2.37. The molecule has 0 bridgehead atoms. The Morgan fingerprint density at radius 2 is 1.87 bits per heavy atom. The van der Waals surface area contributed by atoms with E-state index in [2.05, 4.69) is 0 Å². The maximum Gasteiger partial charge on any atom is 0.410 e. The van der Waals surface area contributed by atoms with Crippen molar-refractivity contribution in [2.24, 2.45) is 0 Å². The van der Waals surface area contributed by atoms with Gasteiger partial charge in [-0.15, -0.1) is 0 Å². The lowest BCUT2D eigenvalue weighted by molar-refractivity contribution is -0.112. The molecule has 23 heavy (non-hydrogen) atoms. The number of ether oxygens (including phenoxy) is 3. The molecule has 0 saturated heterocycles. The van der Waals surface area contributed by atoms with Crippen LogP contribution in [-0.4, -0.2) is 44.1 Å². The van der Waals surface area contributed by atoms with Crippen LogP contribution in [0, 0.1) is 5.82 Å². The van der Waals surface area contributed by atoms with Crippen molar-refractivity contribution in [3.8, 4) is 11.5 Å². The Kier molecular flexibility index (Phi) is 5.95. The molecule has 0 radical (unpaired) electrons. The second-order valence-electron chi connectivity index (χ2n) is 5.87. The normalized spacial score (nSPS) is 12.3. The fraction of sp³-hybridized carbons (Fsp3) is 0.500. The van der Waals surface area contributed by atoms with Gasteiger partial charge in [0.15, 0.2) is 11.6 Å². The number of hydrogen-bond donors (Lipinski definition) is 0. The highest BCUT2D eigenvalue weighted by molar-refractivity contribution is 5.76. The van der Waals surface area contributed by atoms with Gasteiger partial charge < -0.3 is 19.0 Å². The Morgan fingerprint density at radius 3 is 2.30 bits per heavy atom. The molecular weight excluding hydrogens is 305 g/mol. The molecule has 0 aromatic heterocycles. The van der Waals surface area contributed by atoms with Crippen LogP contribution < -0.4 is 9.47 Å². The van der Waals surface area contributed by atoms with Gasteiger partial charge in [0.1, 0.15) is 23.7 Å². The van der Waals surface area contributed by atoms with Crippen LogP contribution in [0.2, 0.25) is 0 Å². The van der Waals surface area contributed by atoms with Gasteiger partial charge in [-0.2, -0.15) is 0 Å². The van der Waals surface area contributed by atoms with E-state index < -0.39 is 23.6 Å². The van der Waals surface area contributed by atoms with Gasteiger partial charge in [-0.1, -0.05) is 0 Å². The van der Waals surface area contributed by atoms with E-state index >= 15 is 0 Å². The minimum absolute atomic E-state index is 0.123. The van der Waals surface area contributed by atoms with E-state index in [1.807, 2.05) is 0 Å². The monoisotopic (exact) mass is 327 g/mol. The smallest absolute Gasteiger partial charge is 0.410 e. The van der Waals surface area contributed by atoms with E-state index in [9.17, 15) is 14.0 Å². The second-order valence-corrected chi connectivity index (χ2v) is 5.87. The summed E-state index contributed by atoms with van der Waals surface area (Å²) in [7, 11) is 4.04. The van der Waals surface area contributed by atoms with Crippen LogP contribution in [0.1, 0.15) is 32.4 Å². The van der Waals surface area contributed by atoms with E-state index in [4.69, 9.17) is 14.2 Å². The van der Waals surface area contributed by atoms with Gasteiger partial charge in [0, 0.05) is 7.05 Å². The topological polar surface area (TPSA) is 65.1 Å². The SMILES string of the molecule is COc1ccc(F)c(OC)c1C(C=O)N(C)C(=O)OC(C)(C)C. The number of aldehydes is 1. The van der Waals surface area contributed by atoms with Crippen LogP contribution in [0.3, 0.4) is 0 Å². The number of nitrogens with zero attached hydrogens (tertiary/aromatic N) is 1. The van der Waals surface area contributed by atoms with Crippen molar-refractivity contribution < 1.29 is 28.2 Å². The molecule has 6 nitrogen and oxygen atoms in total. The van der Waals surface area contributed by atoms with E-state index in [1.54, 1.807) is 20.8 Å². The minimum atomic E-state index is -1.12. The van der Waals surface area contributed by atoms with Gasteiger partial charge in [-0.05, 0) is 32.9 Å². The van der Waals surface area contributed by atoms with Gasteiger partial charge in [-0.25, -0.2) is 9.18 Å². The number of halogens is 1. The molecule has 0 aliphatic rings. The molecule has 7 heteroatoms. The Hall–Kier alpha value is -2.31. The minimum Gasteiger partial charge on any atom is -0.496 e. The number of hydrogen-bond acceptors (Lipinski definition) is 5. The molecule has 1 rings (SSSR count). The molecular formula is C16H22FNO5. The summed E-state index contributed by atoms with van der Waals surface area (Å²) >= 11 is 0. The molecule has 1 atom stereocenters.